The second kappa shape index (κ2) is 6.58. The average Bonchev–Trinajstić information content (AvgIpc) is 2.42. The van der Waals surface area contributed by atoms with Gasteiger partial charge in [0.2, 0.25) is 0 Å². The van der Waals surface area contributed by atoms with E-state index in [4.69, 9.17) is 9.84 Å². The second-order valence-corrected chi connectivity index (χ2v) is 3.92. The van der Waals surface area contributed by atoms with E-state index in [9.17, 15) is 9.59 Å². The molecule has 0 aliphatic heterocycles. The minimum Gasteiger partial charge on any atom is -0.496 e. The first-order valence-electron chi connectivity index (χ1n) is 5.85. The Hall–Kier alpha value is -2.30. The number of hydrogen-bond donors (Lipinski definition) is 1. The van der Waals surface area contributed by atoms with E-state index in [1.807, 2.05) is 13.0 Å². The molecule has 0 saturated heterocycles. The van der Waals surface area contributed by atoms with Crippen LogP contribution in [0.1, 0.15) is 12.5 Å². The van der Waals surface area contributed by atoms with Crippen LogP contribution in [0, 0.1) is 0 Å². The van der Waals surface area contributed by atoms with Crippen LogP contribution >= 0.6 is 0 Å². The molecule has 0 heterocycles. The Bertz CT molecular complexity index is 508. The Morgan fingerprint density at radius 3 is 2.58 bits per heavy atom. The van der Waals surface area contributed by atoms with Gasteiger partial charge in [0.05, 0.1) is 7.11 Å². The lowest BCUT2D eigenvalue weighted by molar-refractivity contribution is -0.131. The van der Waals surface area contributed by atoms with Crippen LogP contribution in [0.15, 0.2) is 30.4 Å². The van der Waals surface area contributed by atoms with E-state index in [1.54, 1.807) is 26.3 Å². The van der Waals surface area contributed by atoms with Crippen LogP contribution in [0.5, 0.6) is 5.75 Å². The maximum absolute atomic E-state index is 11.7. The highest BCUT2D eigenvalue weighted by Gasteiger charge is 2.10. The van der Waals surface area contributed by atoms with E-state index in [0.29, 0.717) is 5.69 Å². The number of benzene rings is 1. The van der Waals surface area contributed by atoms with Crippen molar-refractivity contribution in [3.63, 3.8) is 0 Å². The average molecular weight is 263 g/mol. The molecule has 5 nitrogen and oxygen atoms in total. The Morgan fingerprint density at radius 1 is 1.37 bits per heavy atom. The summed E-state index contributed by atoms with van der Waals surface area (Å²) in [4.78, 5) is 23.5. The van der Waals surface area contributed by atoms with Gasteiger partial charge < -0.3 is 14.7 Å². The zero-order valence-corrected chi connectivity index (χ0v) is 11.2. The fraction of sp³-hybridized carbons (Fsp3) is 0.286. The normalized spacial score (nSPS) is 10.5. The Kier molecular flexibility index (Phi) is 5.11. The number of nitrogens with zero attached hydrogens (tertiary/aromatic N) is 1. The van der Waals surface area contributed by atoms with E-state index in [0.717, 1.165) is 29.9 Å². The molecule has 0 aromatic heterocycles. The lowest BCUT2D eigenvalue weighted by Crippen LogP contribution is -2.24. The maximum atomic E-state index is 11.7. The van der Waals surface area contributed by atoms with Gasteiger partial charge in [-0.15, -0.1) is 0 Å². The van der Waals surface area contributed by atoms with E-state index in [1.165, 1.54) is 4.90 Å². The SMILES string of the molecule is CCc1cc(N(C)C(=O)/C=C/C(=O)O)ccc1OC. The quantitative estimate of drug-likeness (QED) is 0.823. The van der Waals surface area contributed by atoms with Gasteiger partial charge in [-0.05, 0) is 30.2 Å². The van der Waals surface area contributed by atoms with E-state index < -0.39 is 11.9 Å². The first-order valence-corrected chi connectivity index (χ1v) is 5.85. The molecule has 0 fully saturated rings. The van der Waals surface area contributed by atoms with Gasteiger partial charge in [0.25, 0.3) is 5.91 Å². The molecule has 0 radical (unpaired) electrons. The van der Waals surface area contributed by atoms with Crippen molar-refractivity contribution in [3.8, 4) is 5.75 Å². The van der Waals surface area contributed by atoms with Gasteiger partial charge in [-0.2, -0.15) is 0 Å². The number of aryl methyl sites for hydroxylation is 1. The second-order valence-electron chi connectivity index (χ2n) is 3.92. The molecular formula is C14H17NO4. The fourth-order valence-corrected chi connectivity index (χ4v) is 1.63. The molecule has 0 aliphatic rings. The number of rotatable bonds is 5. The van der Waals surface area contributed by atoms with Gasteiger partial charge in [0.1, 0.15) is 5.75 Å². The molecule has 0 saturated carbocycles. The highest BCUT2D eigenvalue weighted by molar-refractivity contribution is 6.03. The van der Waals surface area contributed by atoms with Crippen molar-refractivity contribution in [3.05, 3.63) is 35.9 Å². The van der Waals surface area contributed by atoms with Crippen LogP contribution in [-0.4, -0.2) is 31.1 Å². The number of carbonyl (C=O) groups is 2. The monoisotopic (exact) mass is 263 g/mol. The third-order valence-electron chi connectivity index (χ3n) is 2.73. The summed E-state index contributed by atoms with van der Waals surface area (Å²) in [6.07, 6.45) is 2.63. The summed E-state index contributed by atoms with van der Waals surface area (Å²) in [5.41, 5.74) is 1.68. The summed E-state index contributed by atoms with van der Waals surface area (Å²) in [6.45, 7) is 1.99. The van der Waals surface area contributed by atoms with Gasteiger partial charge in [0.15, 0.2) is 0 Å². The molecule has 0 spiro atoms. The molecule has 0 aliphatic carbocycles. The van der Waals surface area contributed by atoms with E-state index in [-0.39, 0.29) is 0 Å². The number of hydrogen-bond acceptors (Lipinski definition) is 3. The summed E-state index contributed by atoms with van der Waals surface area (Å²) in [5, 5.41) is 8.49. The largest absolute Gasteiger partial charge is 0.496 e. The summed E-state index contributed by atoms with van der Waals surface area (Å²) in [6, 6.07) is 5.40. The summed E-state index contributed by atoms with van der Waals surface area (Å²) < 4.78 is 5.22. The molecule has 1 amide bonds. The summed E-state index contributed by atoms with van der Waals surface area (Å²) in [7, 11) is 3.19. The number of carboxylic acid groups (broad SMARTS) is 1. The molecule has 102 valence electrons. The number of methoxy groups -OCH3 is 1. The van der Waals surface area contributed by atoms with Crippen molar-refractivity contribution < 1.29 is 19.4 Å². The minimum absolute atomic E-state index is 0.394. The molecule has 0 bridgehead atoms. The first kappa shape index (κ1) is 14.8. The van der Waals surface area contributed by atoms with Gasteiger partial charge >= 0.3 is 5.97 Å². The third-order valence-corrected chi connectivity index (χ3v) is 2.73. The number of amides is 1. The van der Waals surface area contributed by atoms with Crippen LogP contribution in [0.3, 0.4) is 0 Å². The smallest absolute Gasteiger partial charge is 0.328 e. The summed E-state index contributed by atoms with van der Waals surface area (Å²) in [5.74, 6) is -0.770. The Labute approximate surface area is 112 Å². The van der Waals surface area contributed by atoms with Crippen LogP contribution in [0.25, 0.3) is 0 Å². The van der Waals surface area contributed by atoms with Crippen LogP contribution in [-0.2, 0) is 16.0 Å². The van der Waals surface area contributed by atoms with Crippen molar-refractivity contribution >= 4 is 17.6 Å². The van der Waals surface area contributed by atoms with Crippen LogP contribution in [0.4, 0.5) is 5.69 Å². The van der Waals surface area contributed by atoms with Crippen molar-refractivity contribution in [2.24, 2.45) is 0 Å². The van der Waals surface area contributed by atoms with Crippen molar-refractivity contribution in [2.45, 2.75) is 13.3 Å². The minimum atomic E-state index is -1.15. The summed E-state index contributed by atoms with van der Waals surface area (Å²) >= 11 is 0. The molecule has 1 rings (SSSR count). The van der Waals surface area contributed by atoms with E-state index in [2.05, 4.69) is 0 Å². The molecule has 1 N–H and O–H groups in total. The van der Waals surface area contributed by atoms with Crippen molar-refractivity contribution in [1.29, 1.82) is 0 Å². The number of carboxylic acids is 1. The zero-order valence-electron chi connectivity index (χ0n) is 11.2. The molecule has 0 unspecified atom stereocenters. The molecule has 1 aromatic rings. The number of ether oxygens (including phenoxy) is 1. The third kappa shape index (κ3) is 3.84. The number of likely N-dealkylation sites (N-methyl/N-ethyl adjacent to an activating group) is 1. The standard InChI is InChI=1S/C14H17NO4/c1-4-10-9-11(5-6-12(10)19-3)15(2)13(16)7-8-14(17)18/h5-9H,4H2,1-3H3,(H,17,18)/b8-7+. The van der Waals surface area contributed by atoms with Crippen molar-refractivity contribution in [2.75, 3.05) is 19.1 Å². The highest BCUT2D eigenvalue weighted by atomic mass is 16.5. The number of aliphatic carboxylic acids is 1. The molecule has 1 aromatic carbocycles. The van der Waals surface area contributed by atoms with Crippen LogP contribution in [0.2, 0.25) is 0 Å². The lowest BCUT2D eigenvalue weighted by Gasteiger charge is -2.17. The Morgan fingerprint density at radius 2 is 2.05 bits per heavy atom. The number of anilines is 1. The van der Waals surface area contributed by atoms with Crippen LogP contribution < -0.4 is 9.64 Å². The highest BCUT2D eigenvalue weighted by Crippen LogP contribution is 2.25. The predicted molar refractivity (Wildman–Crippen MR) is 72.6 cm³/mol. The number of carbonyl (C=O) groups excluding carboxylic acids is 1. The molecule has 0 atom stereocenters. The topological polar surface area (TPSA) is 66.8 Å². The first-order chi connectivity index (χ1) is 8.99. The van der Waals surface area contributed by atoms with Crippen molar-refractivity contribution in [1.82, 2.24) is 0 Å². The lowest BCUT2D eigenvalue weighted by atomic mass is 10.1. The van der Waals surface area contributed by atoms with Gasteiger partial charge in [-0.3, -0.25) is 4.79 Å². The molecular weight excluding hydrogens is 246 g/mol. The van der Waals surface area contributed by atoms with E-state index >= 15 is 0 Å². The maximum Gasteiger partial charge on any atom is 0.328 e. The van der Waals surface area contributed by atoms with Gasteiger partial charge in [-0.1, -0.05) is 6.92 Å². The predicted octanol–water partition coefficient (Wildman–Crippen LogP) is 1.86. The molecule has 19 heavy (non-hydrogen) atoms. The fourth-order valence-electron chi connectivity index (χ4n) is 1.63. The van der Waals surface area contributed by atoms with Gasteiger partial charge in [-0.25, -0.2) is 4.79 Å². The zero-order chi connectivity index (χ0) is 14.4. The molecule has 5 heteroatoms. The van der Waals surface area contributed by atoms with Gasteiger partial charge in [0, 0.05) is 24.9 Å². The Balaban J connectivity index is 2.96.